The number of aromatic nitrogens is 1. The molecule has 2 aromatic rings. The predicted octanol–water partition coefficient (Wildman–Crippen LogP) is 0.951. The molecule has 2 atom stereocenters. The summed E-state index contributed by atoms with van der Waals surface area (Å²) in [4.78, 5) is 43.2. The molecule has 0 saturated carbocycles. The lowest BCUT2D eigenvalue weighted by Crippen LogP contribution is -2.48. The molecule has 13 heteroatoms. The van der Waals surface area contributed by atoms with Crippen molar-refractivity contribution in [2.24, 2.45) is 0 Å². The number of carboxylic acids is 1. The standard InChI is InChI=1S/C20H23BN4O7S/c22-19-23-14(10-33-19)16(24-20(29)25-4-6-31-7-5-25)15(26)9-12-8-11-2-1-3-13(18(27)28)17(11)32-21(12)30/h1-3,10,12,16,30H,4-9H2,(H2,22,23)(H,24,29)(H,27,28)/t12-,16?/m1/s1. The first-order chi connectivity index (χ1) is 15.8. The van der Waals surface area contributed by atoms with Crippen molar-refractivity contribution in [1.29, 1.82) is 0 Å². The van der Waals surface area contributed by atoms with Crippen LogP contribution >= 0.6 is 11.3 Å². The van der Waals surface area contributed by atoms with Crippen molar-refractivity contribution in [2.75, 3.05) is 32.0 Å². The van der Waals surface area contributed by atoms with Crippen LogP contribution in [0.25, 0.3) is 0 Å². The number of rotatable bonds is 6. The van der Waals surface area contributed by atoms with Crippen LogP contribution in [0.4, 0.5) is 9.93 Å². The van der Waals surface area contributed by atoms with E-state index in [1.165, 1.54) is 6.07 Å². The Labute approximate surface area is 193 Å². The minimum absolute atomic E-state index is 0.0510. The lowest BCUT2D eigenvalue weighted by Gasteiger charge is -2.30. The third-order valence-corrected chi connectivity index (χ3v) is 6.33. The number of nitrogens with one attached hydrogen (secondary N) is 1. The van der Waals surface area contributed by atoms with Gasteiger partial charge in [0.05, 0.1) is 24.5 Å². The maximum atomic E-state index is 13.3. The molecule has 1 aromatic carbocycles. The Morgan fingerprint density at radius 3 is 2.76 bits per heavy atom. The molecule has 4 rings (SSSR count). The van der Waals surface area contributed by atoms with Gasteiger partial charge in [-0.05, 0) is 18.1 Å². The van der Waals surface area contributed by atoms with Crippen LogP contribution in [0.15, 0.2) is 23.6 Å². The molecular formula is C20H23BN4O7S. The summed E-state index contributed by atoms with van der Waals surface area (Å²) in [6.07, 6.45) is 0.121. The number of aromatic carboxylic acids is 1. The summed E-state index contributed by atoms with van der Waals surface area (Å²) < 4.78 is 10.7. The fraction of sp³-hybridized carbons (Fsp3) is 0.400. The molecule has 1 saturated heterocycles. The first-order valence-corrected chi connectivity index (χ1v) is 11.3. The van der Waals surface area contributed by atoms with Crippen molar-refractivity contribution in [3.63, 3.8) is 0 Å². The van der Waals surface area contributed by atoms with Gasteiger partial charge in [0.15, 0.2) is 10.9 Å². The molecule has 11 nitrogen and oxygen atoms in total. The fourth-order valence-electron chi connectivity index (χ4n) is 3.94. The normalized spacial score (nSPS) is 18.8. The predicted molar refractivity (Wildman–Crippen MR) is 119 cm³/mol. The summed E-state index contributed by atoms with van der Waals surface area (Å²) in [5.41, 5.74) is 6.60. The third-order valence-electron chi connectivity index (χ3n) is 5.64. The number of carboxylic acid groups (broad SMARTS) is 1. The molecule has 2 aliphatic heterocycles. The van der Waals surface area contributed by atoms with Crippen LogP contribution in [0.1, 0.15) is 34.1 Å². The highest BCUT2D eigenvalue weighted by molar-refractivity contribution is 7.13. The molecule has 2 aliphatic rings. The molecule has 1 unspecified atom stereocenters. The number of nitrogen functional groups attached to an aromatic ring is 1. The number of para-hydroxylation sites is 1. The second kappa shape index (κ2) is 9.77. The monoisotopic (exact) mass is 474 g/mol. The van der Waals surface area contributed by atoms with Crippen molar-refractivity contribution in [1.82, 2.24) is 15.2 Å². The number of benzene rings is 1. The Morgan fingerprint density at radius 1 is 1.33 bits per heavy atom. The van der Waals surface area contributed by atoms with Crippen LogP contribution in [-0.2, 0) is 16.0 Å². The number of hydrogen-bond acceptors (Lipinski definition) is 9. The Hall–Kier alpha value is -3.16. The first-order valence-electron chi connectivity index (χ1n) is 10.4. The number of Topliss-reactive ketones (excluding diaryl/α,β-unsaturated/α-hetero) is 1. The van der Waals surface area contributed by atoms with Crippen molar-refractivity contribution in [3.8, 4) is 5.75 Å². The van der Waals surface area contributed by atoms with Gasteiger partial charge in [-0.2, -0.15) is 0 Å². The summed E-state index contributed by atoms with van der Waals surface area (Å²) in [6.45, 7) is 1.64. The van der Waals surface area contributed by atoms with Crippen LogP contribution in [0.2, 0.25) is 5.82 Å². The second-order valence-corrected chi connectivity index (χ2v) is 8.72. The average Bonchev–Trinajstić information content (AvgIpc) is 3.23. The van der Waals surface area contributed by atoms with Crippen molar-refractivity contribution >= 4 is 41.4 Å². The zero-order chi connectivity index (χ0) is 23.5. The van der Waals surface area contributed by atoms with Gasteiger partial charge in [0.1, 0.15) is 11.8 Å². The van der Waals surface area contributed by atoms with Gasteiger partial charge in [-0.25, -0.2) is 14.6 Å². The number of thiazole rings is 1. The van der Waals surface area contributed by atoms with Gasteiger partial charge in [0.2, 0.25) is 0 Å². The minimum Gasteiger partial charge on any atom is -0.535 e. The third kappa shape index (κ3) is 5.10. The average molecular weight is 474 g/mol. The van der Waals surface area contributed by atoms with E-state index in [-0.39, 0.29) is 35.1 Å². The number of carbonyl (C=O) groups excluding carboxylic acids is 2. The summed E-state index contributed by atoms with van der Waals surface area (Å²) in [6, 6.07) is 3.21. The molecule has 5 N–H and O–H groups in total. The van der Waals surface area contributed by atoms with E-state index in [4.69, 9.17) is 15.1 Å². The molecule has 174 valence electrons. The molecule has 0 radical (unpaired) electrons. The van der Waals surface area contributed by atoms with Gasteiger partial charge in [0.25, 0.3) is 0 Å². The number of nitrogens with zero attached hydrogens (tertiary/aromatic N) is 2. The number of ether oxygens (including phenoxy) is 1. The minimum atomic E-state index is -1.38. The van der Waals surface area contributed by atoms with Crippen LogP contribution < -0.4 is 15.7 Å². The van der Waals surface area contributed by atoms with E-state index >= 15 is 0 Å². The van der Waals surface area contributed by atoms with Crippen molar-refractivity contribution in [2.45, 2.75) is 24.7 Å². The number of amides is 2. The maximum Gasteiger partial charge on any atom is 0.526 e. The smallest absolute Gasteiger partial charge is 0.526 e. The number of carbonyl (C=O) groups is 3. The summed E-state index contributed by atoms with van der Waals surface area (Å²) >= 11 is 1.15. The van der Waals surface area contributed by atoms with Gasteiger partial charge in [-0.15, -0.1) is 11.3 Å². The van der Waals surface area contributed by atoms with Crippen LogP contribution in [-0.4, -0.2) is 71.2 Å². The zero-order valence-electron chi connectivity index (χ0n) is 17.6. The molecule has 2 amide bonds. The summed E-state index contributed by atoms with van der Waals surface area (Å²) in [7, 11) is -1.38. The van der Waals surface area contributed by atoms with E-state index in [0.717, 1.165) is 11.3 Å². The fourth-order valence-corrected chi connectivity index (χ4v) is 4.52. The number of fused-ring (bicyclic) bond motifs is 1. The SMILES string of the molecule is Nc1nc(C(NC(=O)N2CCOCC2)C(=O)C[C@H]2Cc3cccc(C(=O)O)c3OB2O)cs1. The Kier molecular flexibility index (Phi) is 6.81. The molecule has 0 spiro atoms. The van der Waals surface area contributed by atoms with Crippen molar-refractivity contribution < 1.29 is 33.9 Å². The molecule has 1 fully saturated rings. The van der Waals surface area contributed by atoms with Gasteiger partial charge in [0, 0.05) is 30.7 Å². The molecule has 0 bridgehead atoms. The number of morpholine rings is 1. The maximum absolute atomic E-state index is 13.3. The van der Waals surface area contributed by atoms with Crippen LogP contribution in [0.5, 0.6) is 5.75 Å². The highest BCUT2D eigenvalue weighted by Gasteiger charge is 2.40. The number of ketones is 1. The molecule has 33 heavy (non-hydrogen) atoms. The van der Waals surface area contributed by atoms with Gasteiger partial charge in [-0.1, -0.05) is 12.1 Å². The van der Waals surface area contributed by atoms with Gasteiger partial charge in [-0.3, -0.25) is 4.79 Å². The summed E-state index contributed by atoms with van der Waals surface area (Å²) in [5.74, 6) is -2.06. The summed E-state index contributed by atoms with van der Waals surface area (Å²) in [5, 5.41) is 24.5. The number of hydrogen-bond donors (Lipinski definition) is 4. The van der Waals surface area contributed by atoms with E-state index in [9.17, 15) is 24.5 Å². The highest BCUT2D eigenvalue weighted by atomic mass is 32.1. The topological polar surface area (TPSA) is 164 Å². The highest BCUT2D eigenvalue weighted by Crippen LogP contribution is 2.37. The second-order valence-electron chi connectivity index (χ2n) is 7.83. The molecule has 1 aromatic heterocycles. The lowest BCUT2D eigenvalue weighted by atomic mass is 9.64. The molecule has 0 aliphatic carbocycles. The van der Waals surface area contributed by atoms with E-state index in [1.54, 1.807) is 22.4 Å². The van der Waals surface area contributed by atoms with E-state index in [0.29, 0.717) is 37.6 Å². The first kappa shape index (κ1) is 23.0. The Morgan fingerprint density at radius 2 is 2.09 bits per heavy atom. The van der Waals surface area contributed by atoms with E-state index in [1.807, 2.05) is 0 Å². The lowest BCUT2D eigenvalue weighted by molar-refractivity contribution is -0.121. The Balaban J connectivity index is 1.51. The number of anilines is 1. The zero-order valence-corrected chi connectivity index (χ0v) is 18.4. The molecule has 3 heterocycles. The number of urea groups is 1. The van der Waals surface area contributed by atoms with Crippen LogP contribution in [0, 0.1) is 0 Å². The molecular weight excluding hydrogens is 451 g/mol. The Bertz CT molecular complexity index is 1060. The van der Waals surface area contributed by atoms with E-state index < -0.39 is 31.0 Å². The van der Waals surface area contributed by atoms with Crippen molar-refractivity contribution in [3.05, 3.63) is 40.4 Å². The van der Waals surface area contributed by atoms with E-state index in [2.05, 4.69) is 10.3 Å². The van der Waals surface area contributed by atoms with Crippen LogP contribution in [0.3, 0.4) is 0 Å². The largest absolute Gasteiger partial charge is 0.535 e. The quantitative estimate of drug-likeness (QED) is 0.446. The van der Waals surface area contributed by atoms with Gasteiger partial charge >= 0.3 is 19.1 Å². The number of nitrogens with two attached hydrogens (primary N) is 1. The van der Waals surface area contributed by atoms with Gasteiger partial charge < -0.3 is 35.5 Å².